The standard InChI is InChI=1S/C19H20N4/c1-15-5-2-7-17(21-15)8-3-6-16-11-13-23(14-12-16)19-10-4-9-18(20)22-19/h2,4-7,9-10H,11-14H2,1H3,(H2,20,22). The van der Waals surface area contributed by atoms with Gasteiger partial charge in [0.05, 0.1) is 0 Å². The second-order valence-corrected chi connectivity index (χ2v) is 5.64. The van der Waals surface area contributed by atoms with Gasteiger partial charge in [0.2, 0.25) is 0 Å². The van der Waals surface area contributed by atoms with Gasteiger partial charge in [0.15, 0.2) is 0 Å². The molecule has 0 bridgehead atoms. The lowest BCUT2D eigenvalue weighted by molar-refractivity contribution is 0.678. The molecule has 2 N–H and O–H groups in total. The Morgan fingerprint density at radius 2 is 1.87 bits per heavy atom. The van der Waals surface area contributed by atoms with Crippen molar-refractivity contribution in [2.75, 3.05) is 23.7 Å². The van der Waals surface area contributed by atoms with E-state index in [1.54, 1.807) is 0 Å². The van der Waals surface area contributed by atoms with Gasteiger partial charge < -0.3 is 10.6 Å². The van der Waals surface area contributed by atoms with Gasteiger partial charge in [-0.3, -0.25) is 0 Å². The summed E-state index contributed by atoms with van der Waals surface area (Å²) in [5.41, 5.74) is 8.95. The van der Waals surface area contributed by atoms with Crippen LogP contribution in [0.15, 0.2) is 48.0 Å². The van der Waals surface area contributed by atoms with Crippen molar-refractivity contribution in [3.63, 3.8) is 0 Å². The average molecular weight is 304 g/mol. The van der Waals surface area contributed by atoms with Crippen molar-refractivity contribution in [1.29, 1.82) is 0 Å². The van der Waals surface area contributed by atoms with Crippen LogP contribution in [0.1, 0.15) is 24.2 Å². The first-order valence-corrected chi connectivity index (χ1v) is 7.81. The molecule has 3 rings (SSSR count). The molecule has 1 aliphatic heterocycles. The highest BCUT2D eigenvalue weighted by Crippen LogP contribution is 2.21. The molecule has 0 aromatic carbocycles. The fourth-order valence-corrected chi connectivity index (χ4v) is 2.61. The number of nitrogen functional groups attached to an aromatic ring is 1. The van der Waals surface area contributed by atoms with Gasteiger partial charge in [-0.25, -0.2) is 9.97 Å². The summed E-state index contributed by atoms with van der Waals surface area (Å²) in [4.78, 5) is 11.0. The second kappa shape index (κ2) is 6.97. The van der Waals surface area contributed by atoms with E-state index in [4.69, 9.17) is 5.73 Å². The molecule has 0 atom stereocenters. The maximum absolute atomic E-state index is 5.75. The van der Waals surface area contributed by atoms with Crippen LogP contribution in [-0.2, 0) is 0 Å². The van der Waals surface area contributed by atoms with Gasteiger partial charge in [-0.1, -0.05) is 23.6 Å². The molecule has 1 aliphatic rings. The van der Waals surface area contributed by atoms with Crippen molar-refractivity contribution >= 4 is 11.6 Å². The Labute approximate surface area is 137 Å². The molecule has 0 amide bonds. The lowest BCUT2D eigenvalue weighted by Gasteiger charge is -2.29. The molecule has 3 heterocycles. The van der Waals surface area contributed by atoms with E-state index in [0.29, 0.717) is 5.82 Å². The summed E-state index contributed by atoms with van der Waals surface area (Å²) < 4.78 is 0. The van der Waals surface area contributed by atoms with Crippen molar-refractivity contribution in [1.82, 2.24) is 9.97 Å². The number of pyridine rings is 2. The normalized spacial score (nSPS) is 14.1. The number of hydrogen-bond donors (Lipinski definition) is 1. The van der Waals surface area contributed by atoms with E-state index in [1.807, 2.05) is 49.4 Å². The second-order valence-electron chi connectivity index (χ2n) is 5.64. The van der Waals surface area contributed by atoms with Crippen molar-refractivity contribution in [2.24, 2.45) is 0 Å². The molecule has 0 saturated carbocycles. The zero-order chi connectivity index (χ0) is 16.1. The Kier molecular flexibility index (Phi) is 4.58. The number of piperidine rings is 1. The molecule has 4 nitrogen and oxygen atoms in total. The van der Waals surface area contributed by atoms with Crippen LogP contribution in [0.5, 0.6) is 0 Å². The van der Waals surface area contributed by atoms with E-state index in [2.05, 4.69) is 26.7 Å². The first-order chi connectivity index (χ1) is 11.2. The van der Waals surface area contributed by atoms with Crippen LogP contribution in [-0.4, -0.2) is 23.1 Å². The Hall–Kier alpha value is -2.80. The average Bonchev–Trinajstić information content (AvgIpc) is 2.56. The highest BCUT2D eigenvalue weighted by molar-refractivity contribution is 5.46. The predicted octanol–water partition coefficient (Wildman–Crippen LogP) is 2.95. The fraction of sp³-hybridized carbons (Fsp3) is 0.263. The van der Waals surface area contributed by atoms with E-state index in [-0.39, 0.29) is 0 Å². The predicted molar refractivity (Wildman–Crippen MR) is 94.0 cm³/mol. The third-order valence-electron chi connectivity index (χ3n) is 3.85. The molecular weight excluding hydrogens is 284 g/mol. The summed E-state index contributed by atoms with van der Waals surface area (Å²) in [6.07, 6.45) is 4.05. The van der Waals surface area contributed by atoms with E-state index in [9.17, 15) is 0 Å². The highest BCUT2D eigenvalue weighted by Gasteiger charge is 2.14. The third-order valence-corrected chi connectivity index (χ3v) is 3.85. The van der Waals surface area contributed by atoms with Gasteiger partial charge in [-0.05, 0) is 56.0 Å². The molecule has 116 valence electrons. The van der Waals surface area contributed by atoms with Crippen molar-refractivity contribution in [3.8, 4) is 11.8 Å². The number of aryl methyl sites for hydroxylation is 1. The van der Waals surface area contributed by atoms with Gasteiger partial charge in [0.1, 0.15) is 17.3 Å². The number of allylic oxidation sites excluding steroid dienone is 1. The van der Waals surface area contributed by atoms with Gasteiger partial charge in [-0.2, -0.15) is 0 Å². The van der Waals surface area contributed by atoms with Crippen LogP contribution in [0.3, 0.4) is 0 Å². The summed E-state index contributed by atoms with van der Waals surface area (Å²) in [5, 5.41) is 0. The largest absolute Gasteiger partial charge is 0.384 e. The minimum Gasteiger partial charge on any atom is -0.384 e. The van der Waals surface area contributed by atoms with Crippen molar-refractivity contribution in [3.05, 3.63) is 59.4 Å². The zero-order valence-electron chi connectivity index (χ0n) is 13.3. The molecule has 0 aliphatic carbocycles. The van der Waals surface area contributed by atoms with E-state index < -0.39 is 0 Å². The topological polar surface area (TPSA) is 55.0 Å². The Balaban J connectivity index is 1.61. The van der Waals surface area contributed by atoms with E-state index in [0.717, 1.165) is 43.1 Å². The first-order valence-electron chi connectivity index (χ1n) is 7.81. The lowest BCUT2D eigenvalue weighted by atomic mass is 10.0. The van der Waals surface area contributed by atoms with Gasteiger partial charge >= 0.3 is 0 Å². The number of rotatable bonds is 1. The molecule has 4 heteroatoms. The minimum absolute atomic E-state index is 0.570. The zero-order valence-corrected chi connectivity index (χ0v) is 13.3. The Bertz CT molecular complexity index is 773. The van der Waals surface area contributed by atoms with Crippen LogP contribution in [0.4, 0.5) is 11.6 Å². The summed E-state index contributed by atoms with van der Waals surface area (Å²) in [6, 6.07) is 11.7. The number of hydrogen-bond acceptors (Lipinski definition) is 4. The molecule has 23 heavy (non-hydrogen) atoms. The Morgan fingerprint density at radius 1 is 1.09 bits per heavy atom. The van der Waals surface area contributed by atoms with Crippen LogP contribution in [0.25, 0.3) is 0 Å². The van der Waals surface area contributed by atoms with E-state index >= 15 is 0 Å². The molecular formula is C19H20N4. The number of nitrogens with two attached hydrogens (primary N) is 1. The molecule has 0 radical (unpaired) electrons. The number of aromatic nitrogens is 2. The highest BCUT2D eigenvalue weighted by atomic mass is 15.2. The molecule has 1 saturated heterocycles. The summed E-state index contributed by atoms with van der Waals surface area (Å²) >= 11 is 0. The van der Waals surface area contributed by atoms with Gasteiger partial charge in [0, 0.05) is 18.8 Å². The van der Waals surface area contributed by atoms with Crippen LogP contribution >= 0.6 is 0 Å². The van der Waals surface area contributed by atoms with Crippen LogP contribution in [0.2, 0.25) is 0 Å². The SMILES string of the molecule is Cc1cccc(C#CC=C2CCN(c3cccc(N)n3)CC2)n1. The number of anilines is 2. The fourth-order valence-electron chi connectivity index (χ4n) is 2.61. The van der Waals surface area contributed by atoms with Crippen LogP contribution in [0, 0.1) is 18.8 Å². The molecule has 1 fully saturated rings. The quantitative estimate of drug-likeness (QED) is 0.823. The summed E-state index contributed by atoms with van der Waals surface area (Å²) in [6.45, 7) is 3.88. The summed E-state index contributed by atoms with van der Waals surface area (Å²) in [5.74, 6) is 7.76. The molecule has 0 spiro atoms. The third kappa shape index (κ3) is 4.10. The monoisotopic (exact) mass is 304 g/mol. The smallest absolute Gasteiger partial charge is 0.130 e. The van der Waals surface area contributed by atoms with Crippen LogP contribution < -0.4 is 10.6 Å². The lowest BCUT2D eigenvalue weighted by Crippen LogP contribution is -2.31. The Morgan fingerprint density at radius 3 is 2.61 bits per heavy atom. The maximum atomic E-state index is 5.75. The summed E-state index contributed by atoms with van der Waals surface area (Å²) in [7, 11) is 0. The molecule has 2 aromatic heterocycles. The van der Waals surface area contributed by atoms with Crippen molar-refractivity contribution < 1.29 is 0 Å². The molecule has 2 aromatic rings. The molecule has 0 unspecified atom stereocenters. The van der Waals surface area contributed by atoms with Gasteiger partial charge in [0.25, 0.3) is 0 Å². The maximum Gasteiger partial charge on any atom is 0.130 e. The minimum atomic E-state index is 0.570. The van der Waals surface area contributed by atoms with Gasteiger partial charge in [-0.15, -0.1) is 0 Å². The van der Waals surface area contributed by atoms with Crippen molar-refractivity contribution in [2.45, 2.75) is 19.8 Å². The number of nitrogens with zero attached hydrogens (tertiary/aromatic N) is 3. The first kappa shape index (κ1) is 15.1. The van der Waals surface area contributed by atoms with E-state index in [1.165, 1.54) is 5.57 Å².